The third-order valence-corrected chi connectivity index (χ3v) is 18.9. The topological polar surface area (TPSA) is 55.4 Å². The van der Waals surface area contributed by atoms with E-state index < -0.39 is 22.5 Å². The summed E-state index contributed by atoms with van der Waals surface area (Å²) in [6, 6.07) is 0. The Balaban J connectivity index is 1.53. The number of rotatable bonds is 6. The van der Waals surface area contributed by atoms with Gasteiger partial charge < -0.3 is 0 Å². The summed E-state index contributed by atoms with van der Waals surface area (Å²) in [4.78, 5) is 0. The molecule has 0 aliphatic carbocycles. The van der Waals surface area contributed by atoms with Gasteiger partial charge in [0, 0.05) is 78.5 Å². The Hall–Kier alpha value is 0.450. The van der Waals surface area contributed by atoms with Gasteiger partial charge >= 0.3 is 0 Å². The van der Waals surface area contributed by atoms with Crippen molar-refractivity contribution in [1.29, 1.82) is 0 Å². The molecule has 1 unspecified atom stereocenters. The van der Waals surface area contributed by atoms with Crippen LogP contribution in [-0.4, -0.2) is 107 Å². The van der Waals surface area contributed by atoms with Crippen molar-refractivity contribution in [1.82, 2.24) is 28.0 Å². The third-order valence-electron chi connectivity index (χ3n) is 6.20. The molecule has 0 bridgehead atoms. The van der Waals surface area contributed by atoms with Gasteiger partial charge in [-0.25, -0.2) is 28.0 Å². The van der Waals surface area contributed by atoms with E-state index in [1.54, 1.807) is 0 Å². The van der Waals surface area contributed by atoms with Crippen LogP contribution in [0.25, 0.3) is 0 Å². The molecule has 26 heavy (non-hydrogen) atoms. The van der Waals surface area contributed by atoms with Gasteiger partial charge in [0.25, 0.3) is 0 Å². The minimum absolute atomic E-state index is 1.19. The Morgan fingerprint density at radius 1 is 0.346 bits per heavy atom. The fraction of sp³-hybridized carbons (Fsp3) is 1.00. The third kappa shape index (κ3) is 2.30. The maximum atomic E-state index is 5.80. The van der Waals surface area contributed by atoms with E-state index in [1.165, 1.54) is 91.4 Å². The normalized spacial score (nSPS) is 42.0. The molecule has 0 saturated carbocycles. The highest BCUT2D eigenvalue weighted by atomic mass is 31.3. The molecule has 12 heteroatoms. The lowest BCUT2D eigenvalue weighted by Crippen LogP contribution is -2.22. The minimum atomic E-state index is -1.94. The van der Waals surface area contributed by atoms with Gasteiger partial charge in [-0.05, 0) is 12.8 Å². The highest BCUT2D eigenvalue weighted by molar-refractivity contribution is 7.83. The zero-order valence-electron chi connectivity index (χ0n) is 15.3. The van der Waals surface area contributed by atoms with Crippen LogP contribution in [0.4, 0.5) is 0 Å². The molecule has 6 fully saturated rings. The summed E-state index contributed by atoms with van der Waals surface area (Å²) >= 11 is 0. The highest BCUT2D eigenvalue weighted by Crippen LogP contribution is 2.87. The lowest BCUT2D eigenvalue weighted by molar-refractivity contribution is 0.531. The monoisotopic (exact) mass is 415 g/mol. The average Bonchev–Trinajstić information content (AvgIpc) is 3.51. The summed E-state index contributed by atoms with van der Waals surface area (Å²) in [5.74, 6) is 0. The van der Waals surface area contributed by atoms with Crippen LogP contribution in [0.1, 0.15) is 12.8 Å². The fourth-order valence-corrected chi connectivity index (χ4v) is 20.0. The molecule has 7 aliphatic heterocycles. The van der Waals surface area contributed by atoms with Gasteiger partial charge in [-0.2, -0.15) is 13.5 Å². The van der Waals surface area contributed by atoms with Crippen LogP contribution in [0.5, 0.6) is 0 Å². The predicted molar refractivity (Wildman–Crippen MR) is 107 cm³/mol. The van der Waals surface area contributed by atoms with E-state index in [-0.39, 0.29) is 0 Å². The molecular formula is C14H28N9P3. The van der Waals surface area contributed by atoms with E-state index in [0.717, 1.165) is 0 Å². The summed E-state index contributed by atoms with van der Waals surface area (Å²) in [7, 11) is -5.73. The number of hydrogen-bond acceptors (Lipinski definition) is 9. The van der Waals surface area contributed by atoms with Crippen LogP contribution in [-0.2, 0) is 0 Å². The number of hydrogen-bond donors (Lipinski definition) is 0. The molecule has 7 heterocycles. The Kier molecular flexibility index (Phi) is 3.33. The van der Waals surface area contributed by atoms with Gasteiger partial charge in [0.05, 0.1) is 0 Å². The van der Waals surface area contributed by atoms with Crippen molar-refractivity contribution in [2.45, 2.75) is 12.8 Å². The maximum absolute atomic E-state index is 5.80. The van der Waals surface area contributed by atoms with Crippen LogP contribution in [0.15, 0.2) is 13.5 Å². The van der Waals surface area contributed by atoms with Crippen LogP contribution < -0.4 is 0 Å². The Labute approximate surface area is 155 Å². The van der Waals surface area contributed by atoms with Crippen molar-refractivity contribution in [2.75, 3.05) is 78.5 Å². The van der Waals surface area contributed by atoms with Crippen LogP contribution in [0.3, 0.4) is 0 Å². The summed E-state index contributed by atoms with van der Waals surface area (Å²) in [6.07, 6.45) is 2.63. The molecule has 7 rings (SSSR count). The Bertz CT molecular complexity index is 754. The molecule has 0 N–H and O–H groups in total. The first-order valence-corrected chi connectivity index (χ1v) is 15.0. The first-order valence-electron chi connectivity index (χ1n) is 10.2. The molecule has 0 aromatic heterocycles. The summed E-state index contributed by atoms with van der Waals surface area (Å²) < 4.78 is 33.2. The molecule has 0 spiro atoms. The standard InChI is InChI=1S/C14H28N9P3/c1-2-4-18(3-1)24(19-5-6-19)15-25(20-7-8-20,21-9-10-21)17-26(16-24,22-11-12-22)23-13-14-23/h1-14H2. The quantitative estimate of drug-likeness (QED) is 0.491. The first kappa shape index (κ1) is 16.3. The highest BCUT2D eigenvalue weighted by Gasteiger charge is 2.59. The van der Waals surface area contributed by atoms with Crippen LogP contribution in [0.2, 0.25) is 0 Å². The minimum Gasteiger partial charge on any atom is -0.240 e. The van der Waals surface area contributed by atoms with Crippen molar-refractivity contribution in [2.24, 2.45) is 13.5 Å². The van der Waals surface area contributed by atoms with E-state index >= 15 is 0 Å². The van der Waals surface area contributed by atoms with Gasteiger partial charge in [0.2, 0.25) is 22.5 Å². The lowest BCUT2D eigenvalue weighted by atomic mass is 10.4. The fourth-order valence-electron chi connectivity index (χ4n) is 4.29. The van der Waals surface area contributed by atoms with E-state index in [0.29, 0.717) is 0 Å². The second kappa shape index (κ2) is 5.33. The van der Waals surface area contributed by atoms with E-state index in [9.17, 15) is 0 Å². The smallest absolute Gasteiger partial charge is 0.221 e. The van der Waals surface area contributed by atoms with E-state index in [2.05, 4.69) is 28.0 Å². The molecule has 144 valence electrons. The molecule has 0 radical (unpaired) electrons. The zero-order valence-corrected chi connectivity index (χ0v) is 17.9. The average molecular weight is 415 g/mol. The Morgan fingerprint density at radius 3 is 0.808 bits per heavy atom. The molecule has 0 aromatic carbocycles. The van der Waals surface area contributed by atoms with Crippen molar-refractivity contribution >= 4 is 22.5 Å². The molecule has 9 nitrogen and oxygen atoms in total. The first-order chi connectivity index (χ1) is 12.8. The van der Waals surface area contributed by atoms with Crippen molar-refractivity contribution in [3.05, 3.63) is 0 Å². The van der Waals surface area contributed by atoms with E-state index in [1.807, 2.05) is 0 Å². The zero-order chi connectivity index (χ0) is 17.0. The molecule has 0 amide bonds. The van der Waals surface area contributed by atoms with Gasteiger partial charge in [0.1, 0.15) is 0 Å². The molecular weight excluding hydrogens is 387 g/mol. The van der Waals surface area contributed by atoms with Crippen molar-refractivity contribution in [3.63, 3.8) is 0 Å². The Morgan fingerprint density at radius 2 is 0.577 bits per heavy atom. The summed E-state index contributed by atoms with van der Waals surface area (Å²) in [5, 5.41) is 0. The van der Waals surface area contributed by atoms with Crippen LogP contribution >= 0.6 is 22.5 Å². The van der Waals surface area contributed by atoms with Gasteiger partial charge in [-0.15, -0.1) is 0 Å². The SMILES string of the molecule is C1CCN(P2(N3CC3)=NP(N3CC3)(N3CC3)=NP(N3CC3)(N3CC3)=N2)C1. The predicted octanol–water partition coefficient (Wildman–Crippen LogP) is 2.51. The van der Waals surface area contributed by atoms with Gasteiger partial charge in [0.15, 0.2) is 0 Å². The summed E-state index contributed by atoms with van der Waals surface area (Å²) in [6.45, 7) is 14.3. The van der Waals surface area contributed by atoms with E-state index in [4.69, 9.17) is 13.5 Å². The van der Waals surface area contributed by atoms with Crippen molar-refractivity contribution in [3.8, 4) is 0 Å². The lowest BCUT2D eigenvalue weighted by Gasteiger charge is -2.41. The molecule has 7 aliphatic rings. The second-order valence-electron chi connectivity index (χ2n) is 8.31. The molecule has 6 saturated heterocycles. The largest absolute Gasteiger partial charge is 0.240 e. The second-order valence-corrected chi connectivity index (χ2v) is 17.1. The molecule has 0 aromatic rings. The van der Waals surface area contributed by atoms with Crippen molar-refractivity contribution < 1.29 is 0 Å². The summed E-state index contributed by atoms with van der Waals surface area (Å²) in [5.41, 5.74) is 0. The van der Waals surface area contributed by atoms with Gasteiger partial charge in [-0.3, -0.25) is 0 Å². The molecule has 1 atom stereocenters. The van der Waals surface area contributed by atoms with Crippen LogP contribution in [0, 0.1) is 0 Å². The van der Waals surface area contributed by atoms with Gasteiger partial charge in [-0.1, -0.05) is 0 Å². The number of nitrogens with zero attached hydrogens (tertiary/aromatic N) is 9. The maximum Gasteiger partial charge on any atom is 0.221 e.